The third-order valence-electron chi connectivity index (χ3n) is 2.39. The zero-order valence-corrected chi connectivity index (χ0v) is 9.71. The lowest BCUT2D eigenvalue weighted by atomic mass is 10.1. The van der Waals surface area contributed by atoms with Crippen LogP contribution in [0.15, 0.2) is 41.3 Å². The van der Waals surface area contributed by atoms with Crippen LogP contribution in [-0.2, 0) is 0 Å². The fraction of sp³-hybridized carbons (Fsp3) is 0.154. The maximum Gasteiger partial charge on any atom is 0.189 e. The summed E-state index contributed by atoms with van der Waals surface area (Å²) in [5.41, 5.74) is 1.98. The quantitative estimate of drug-likeness (QED) is 0.782. The van der Waals surface area contributed by atoms with Gasteiger partial charge in [-0.25, -0.2) is 0 Å². The highest BCUT2D eigenvalue weighted by atomic mass is 32.1. The molecule has 1 aromatic carbocycles. The van der Waals surface area contributed by atoms with Gasteiger partial charge in [0.25, 0.3) is 0 Å². The number of hydrogen-bond acceptors (Lipinski definition) is 2. The van der Waals surface area contributed by atoms with Gasteiger partial charge in [-0.2, -0.15) is 12.6 Å². The van der Waals surface area contributed by atoms with E-state index in [4.69, 9.17) is 0 Å². The van der Waals surface area contributed by atoms with Gasteiger partial charge in [-0.15, -0.1) is 0 Å². The van der Waals surface area contributed by atoms with Crippen LogP contribution in [0.25, 0.3) is 17.0 Å². The molecule has 2 aromatic rings. The third kappa shape index (κ3) is 2.36. The molecule has 0 saturated carbocycles. The summed E-state index contributed by atoms with van der Waals surface area (Å²) in [6.45, 7) is 0. The van der Waals surface area contributed by atoms with Crippen molar-refractivity contribution in [2.75, 3.05) is 5.75 Å². The van der Waals surface area contributed by atoms with Crippen molar-refractivity contribution in [2.45, 2.75) is 6.42 Å². The van der Waals surface area contributed by atoms with Crippen LogP contribution in [0.2, 0.25) is 0 Å². The molecule has 2 nitrogen and oxygen atoms in total. The van der Waals surface area contributed by atoms with Crippen LogP contribution in [0.3, 0.4) is 0 Å². The summed E-state index contributed by atoms with van der Waals surface area (Å²) in [6, 6.07) is 7.37. The summed E-state index contributed by atoms with van der Waals surface area (Å²) >= 11 is 4.14. The van der Waals surface area contributed by atoms with Crippen molar-refractivity contribution in [3.05, 3.63) is 52.3 Å². The molecule has 1 N–H and O–H groups in total. The topological polar surface area (TPSA) is 32.9 Å². The Morgan fingerprint density at radius 1 is 1.31 bits per heavy atom. The summed E-state index contributed by atoms with van der Waals surface area (Å²) in [6.07, 6.45) is 6.68. The van der Waals surface area contributed by atoms with Gasteiger partial charge < -0.3 is 4.98 Å². The van der Waals surface area contributed by atoms with E-state index >= 15 is 0 Å². The molecule has 0 bridgehead atoms. The van der Waals surface area contributed by atoms with Crippen LogP contribution in [-0.4, -0.2) is 10.7 Å². The Kier molecular flexibility index (Phi) is 3.47. The van der Waals surface area contributed by atoms with Crippen molar-refractivity contribution >= 4 is 29.6 Å². The van der Waals surface area contributed by atoms with Gasteiger partial charge in [-0.05, 0) is 29.9 Å². The third-order valence-corrected chi connectivity index (χ3v) is 2.65. The molecule has 0 radical (unpaired) electrons. The first-order chi connectivity index (χ1) is 7.81. The number of hydrogen-bond donors (Lipinski definition) is 2. The number of nitrogens with one attached hydrogen (secondary N) is 1. The Hall–Kier alpha value is -1.48. The highest BCUT2D eigenvalue weighted by molar-refractivity contribution is 7.80. The minimum atomic E-state index is 0.0539. The number of allylic oxidation sites excluding steroid dienone is 1. The first-order valence-electron chi connectivity index (χ1n) is 5.20. The second-order valence-corrected chi connectivity index (χ2v) is 4.01. The van der Waals surface area contributed by atoms with Gasteiger partial charge in [0.05, 0.1) is 0 Å². The second-order valence-electron chi connectivity index (χ2n) is 3.56. The van der Waals surface area contributed by atoms with Gasteiger partial charge >= 0.3 is 0 Å². The fourth-order valence-corrected chi connectivity index (χ4v) is 1.74. The fourth-order valence-electron chi connectivity index (χ4n) is 1.59. The Bertz CT molecular complexity index is 571. The van der Waals surface area contributed by atoms with Crippen LogP contribution in [0.5, 0.6) is 0 Å². The zero-order chi connectivity index (χ0) is 11.4. The average molecular weight is 231 g/mol. The van der Waals surface area contributed by atoms with Crippen molar-refractivity contribution in [2.24, 2.45) is 0 Å². The average Bonchev–Trinajstić information content (AvgIpc) is 2.30. The molecular formula is C13H13NOS. The van der Waals surface area contributed by atoms with Gasteiger partial charge in [0, 0.05) is 23.2 Å². The maximum atomic E-state index is 11.6. The highest BCUT2D eigenvalue weighted by Crippen LogP contribution is 2.11. The predicted molar refractivity (Wildman–Crippen MR) is 72.1 cm³/mol. The minimum Gasteiger partial charge on any atom is -0.361 e. The number of pyridine rings is 1. The van der Waals surface area contributed by atoms with E-state index in [9.17, 15) is 4.79 Å². The first-order valence-corrected chi connectivity index (χ1v) is 5.83. The summed E-state index contributed by atoms with van der Waals surface area (Å²) in [5.74, 6) is 0.838. The van der Waals surface area contributed by atoms with Crippen molar-refractivity contribution in [1.29, 1.82) is 0 Å². The Balaban J connectivity index is 2.43. The van der Waals surface area contributed by atoms with Gasteiger partial charge in [0.2, 0.25) is 0 Å². The van der Waals surface area contributed by atoms with Crippen molar-refractivity contribution < 1.29 is 0 Å². The Morgan fingerprint density at radius 2 is 2.19 bits per heavy atom. The van der Waals surface area contributed by atoms with Gasteiger partial charge in [0.15, 0.2) is 5.43 Å². The predicted octanol–water partition coefficient (Wildman–Crippen LogP) is 2.86. The molecule has 82 valence electrons. The molecule has 0 spiro atoms. The lowest BCUT2D eigenvalue weighted by Gasteiger charge is -1.98. The van der Waals surface area contributed by atoms with Crippen molar-refractivity contribution in [1.82, 2.24) is 4.98 Å². The second kappa shape index (κ2) is 5.03. The molecule has 3 heteroatoms. The van der Waals surface area contributed by atoms with Crippen LogP contribution in [0, 0.1) is 0 Å². The van der Waals surface area contributed by atoms with Crippen LogP contribution < -0.4 is 5.43 Å². The van der Waals surface area contributed by atoms with E-state index in [-0.39, 0.29) is 5.43 Å². The van der Waals surface area contributed by atoms with Gasteiger partial charge in [0.1, 0.15) is 0 Å². The van der Waals surface area contributed by atoms with E-state index in [1.165, 1.54) is 0 Å². The molecule has 0 amide bonds. The molecular weight excluding hydrogens is 218 g/mol. The monoisotopic (exact) mass is 231 g/mol. The molecule has 0 unspecified atom stereocenters. The molecule has 0 atom stereocenters. The number of fused-ring (bicyclic) bond motifs is 1. The largest absolute Gasteiger partial charge is 0.361 e. The van der Waals surface area contributed by atoms with Crippen LogP contribution in [0.4, 0.5) is 0 Å². The molecule has 2 rings (SSSR count). The molecule has 0 aliphatic heterocycles. The van der Waals surface area contributed by atoms with E-state index in [1.807, 2.05) is 24.3 Å². The maximum absolute atomic E-state index is 11.6. The number of benzene rings is 1. The molecule has 0 aliphatic rings. The Morgan fingerprint density at radius 3 is 3.00 bits per heavy atom. The standard InChI is InChI=1S/C13H13NOS/c15-13-6-7-14-12-5-4-10(9-11(12)13)3-1-2-8-16/h1,3-7,9,16H,2,8H2,(H,14,15). The summed E-state index contributed by atoms with van der Waals surface area (Å²) in [7, 11) is 0. The van der Waals surface area contributed by atoms with Gasteiger partial charge in [-0.1, -0.05) is 18.2 Å². The lowest BCUT2D eigenvalue weighted by Crippen LogP contribution is -1.99. The normalized spacial score (nSPS) is 11.3. The minimum absolute atomic E-state index is 0.0539. The van der Waals surface area contributed by atoms with E-state index in [0.717, 1.165) is 28.6 Å². The first kappa shape index (κ1) is 11.0. The van der Waals surface area contributed by atoms with Gasteiger partial charge in [-0.3, -0.25) is 4.79 Å². The Labute approximate surface area is 99.4 Å². The van der Waals surface area contributed by atoms with Crippen LogP contribution in [0.1, 0.15) is 12.0 Å². The van der Waals surface area contributed by atoms with Crippen molar-refractivity contribution in [3.8, 4) is 0 Å². The van der Waals surface area contributed by atoms with E-state index in [2.05, 4.69) is 23.7 Å². The summed E-state index contributed by atoms with van der Waals surface area (Å²) in [4.78, 5) is 14.7. The van der Waals surface area contributed by atoms with E-state index < -0.39 is 0 Å². The number of thiol groups is 1. The molecule has 0 aliphatic carbocycles. The smallest absolute Gasteiger partial charge is 0.189 e. The number of aromatic amines is 1. The molecule has 16 heavy (non-hydrogen) atoms. The number of rotatable bonds is 3. The molecule has 0 saturated heterocycles. The summed E-state index contributed by atoms with van der Waals surface area (Å²) < 4.78 is 0. The number of H-pyrrole nitrogens is 1. The highest BCUT2D eigenvalue weighted by Gasteiger charge is 1.97. The van der Waals surface area contributed by atoms with E-state index in [0.29, 0.717) is 0 Å². The summed E-state index contributed by atoms with van der Waals surface area (Å²) in [5, 5.41) is 0.732. The van der Waals surface area contributed by atoms with Crippen LogP contribution >= 0.6 is 12.6 Å². The lowest BCUT2D eigenvalue weighted by molar-refractivity contribution is 1.26. The zero-order valence-electron chi connectivity index (χ0n) is 8.81. The molecule has 1 aromatic heterocycles. The number of aromatic nitrogens is 1. The molecule has 0 fully saturated rings. The van der Waals surface area contributed by atoms with Crippen molar-refractivity contribution in [3.63, 3.8) is 0 Å². The molecule has 1 heterocycles. The SMILES string of the molecule is O=c1cc[nH]c2ccc(C=CCCS)cc12. The van der Waals surface area contributed by atoms with E-state index in [1.54, 1.807) is 12.3 Å².